The van der Waals surface area contributed by atoms with E-state index in [-0.39, 0.29) is 24.8 Å². The van der Waals surface area contributed by atoms with Crippen LogP contribution in [0.4, 0.5) is 4.39 Å². The van der Waals surface area contributed by atoms with E-state index in [1.165, 1.54) is 18.3 Å². The summed E-state index contributed by atoms with van der Waals surface area (Å²) in [4.78, 5) is 20.5. The van der Waals surface area contributed by atoms with Crippen LogP contribution in [0.25, 0.3) is 21.5 Å². The molecule has 2 aromatic heterocycles. The fourth-order valence-corrected chi connectivity index (χ4v) is 3.54. The number of rotatable bonds is 6. The predicted molar refractivity (Wildman–Crippen MR) is 99.6 cm³/mol. The highest BCUT2D eigenvalue weighted by Crippen LogP contribution is 2.23. The number of thiazole rings is 1. The van der Waals surface area contributed by atoms with Gasteiger partial charge in [-0.15, -0.1) is 11.3 Å². The molecule has 7 heteroatoms. The van der Waals surface area contributed by atoms with Gasteiger partial charge in [0.2, 0.25) is 5.89 Å². The zero-order valence-corrected chi connectivity index (χ0v) is 15.0. The first-order valence-electron chi connectivity index (χ1n) is 8.38. The summed E-state index contributed by atoms with van der Waals surface area (Å²) in [5, 5.41) is 0.905. The zero-order chi connectivity index (χ0) is 18.6. The van der Waals surface area contributed by atoms with Crippen molar-refractivity contribution in [3.05, 3.63) is 71.4 Å². The Labute approximate surface area is 158 Å². The maximum Gasteiger partial charge on any atom is 0.306 e. The van der Waals surface area contributed by atoms with Gasteiger partial charge < -0.3 is 9.15 Å². The van der Waals surface area contributed by atoms with Crippen LogP contribution in [0.2, 0.25) is 0 Å². The van der Waals surface area contributed by atoms with Crippen molar-refractivity contribution in [2.24, 2.45) is 0 Å². The average Bonchev–Trinajstić information content (AvgIpc) is 3.32. The molecule has 0 atom stereocenters. The topological polar surface area (TPSA) is 65.2 Å². The summed E-state index contributed by atoms with van der Waals surface area (Å²) in [5.74, 6) is 0.134. The van der Waals surface area contributed by atoms with Crippen molar-refractivity contribution in [3.8, 4) is 11.3 Å². The summed E-state index contributed by atoms with van der Waals surface area (Å²) in [7, 11) is 0. The number of para-hydroxylation sites is 1. The summed E-state index contributed by atoms with van der Waals surface area (Å²) in [6, 6.07) is 13.8. The Morgan fingerprint density at radius 3 is 2.78 bits per heavy atom. The van der Waals surface area contributed by atoms with Gasteiger partial charge in [0, 0.05) is 12.0 Å². The number of nitrogens with zero attached hydrogens (tertiary/aromatic N) is 2. The van der Waals surface area contributed by atoms with Gasteiger partial charge in [-0.3, -0.25) is 4.79 Å². The molecular formula is C20H15FN2O3S. The van der Waals surface area contributed by atoms with Crippen LogP contribution in [0, 0.1) is 5.82 Å². The Balaban J connectivity index is 1.29. The second kappa shape index (κ2) is 7.67. The van der Waals surface area contributed by atoms with Gasteiger partial charge in [0.25, 0.3) is 0 Å². The quantitative estimate of drug-likeness (QED) is 0.450. The smallest absolute Gasteiger partial charge is 0.306 e. The molecule has 0 saturated heterocycles. The van der Waals surface area contributed by atoms with E-state index in [0.717, 1.165) is 15.2 Å². The standard InChI is InChI=1S/C20H15FN2O3S/c21-14-7-5-13(6-8-14)16-11-22-18(26-16)12-25-20(24)10-9-19-23-15-3-1-2-4-17(15)27-19/h1-8,11H,9-10,12H2. The molecular weight excluding hydrogens is 367 g/mol. The van der Waals surface area contributed by atoms with Crippen LogP contribution in [-0.2, 0) is 22.6 Å². The molecule has 0 fully saturated rings. The van der Waals surface area contributed by atoms with E-state index in [1.807, 2.05) is 24.3 Å². The molecule has 0 aliphatic heterocycles. The molecule has 4 aromatic rings. The first kappa shape index (κ1) is 17.4. The van der Waals surface area contributed by atoms with Gasteiger partial charge in [-0.25, -0.2) is 14.4 Å². The Bertz CT molecular complexity index is 1040. The van der Waals surface area contributed by atoms with Gasteiger partial charge in [-0.1, -0.05) is 12.1 Å². The molecule has 0 saturated carbocycles. The number of ether oxygens (including phenoxy) is 1. The number of oxazole rings is 1. The van der Waals surface area contributed by atoms with Crippen molar-refractivity contribution in [3.63, 3.8) is 0 Å². The Kier molecular flexibility index (Phi) is 4.93. The number of carbonyl (C=O) groups is 1. The van der Waals surface area contributed by atoms with Crippen molar-refractivity contribution >= 4 is 27.5 Å². The third-order valence-corrected chi connectivity index (χ3v) is 5.02. The number of aromatic nitrogens is 2. The SMILES string of the molecule is O=C(CCc1nc2ccccc2s1)OCc1ncc(-c2ccc(F)cc2)o1. The van der Waals surface area contributed by atoms with E-state index >= 15 is 0 Å². The molecule has 0 unspecified atom stereocenters. The summed E-state index contributed by atoms with van der Waals surface area (Å²) in [5.41, 5.74) is 1.65. The van der Waals surface area contributed by atoms with Crippen LogP contribution in [0.5, 0.6) is 0 Å². The van der Waals surface area contributed by atoms with Crippen molar-refractivity contribution in [2.45, 2.75) is 19.4 Å². The van der Waals surface area contributed by atoms with E-state index in [4.69, 9.17) is 9.15 Å². The lowest BCUT2D eigenvalue weighted by molar-refractivity contribution is -0.145. The van der Waals surface area contributed by atoms with E-state index < -0.39 is 0 Å². The van der Waals surface area contributed by atoms with Crippen molar-refractivity contribution in [2.75, 3.05) is 0 Å². The van der Waals surface area contributed by atoms with Gasteiger partial charge in [0.1, 0.15) is 5.82 Å². The molecule has 27 heavy (non-hydrogen) atoms. The maximum atomic E-state index is 13.0. The lowest BCUT2D eigenvalue weighted by Gasteiger charge is -2.01. The van der Waals surface area contributed by atoms with E-state index in [1.54, 1.807) is 23.5 Å². The lowest BCUT2D eigenvalue weighted by Crippen LogP contribution is -2.06. The van der Waals surface area contributed by atoms with Crippen LogP contribution >= 0.6 is 11.3 Å². The van der Waals surface area contributed by atoms with Crippen molar-refractivity contribution in [1.29, 1.82) is 0 Å². The third kappa shape index (κ3) is 4.20. The molecule has 136 valence electrons. The van der Waals surface area contributed by atoms with Gasteiger partial charge in [0.05, 0.1) is 27.8 Å². The number of fused-ring (bicyclic) bond motifs is 1. The van der Waals surface area contributed by atoms with Gasteiger partial charge in [0.15, 0.2) is 12.4 Å². The summed E-state index contributed by atoms with van der Waals surface area (Å²) < 4.78 is 24.8. The highest BCUT2D eigenvalue weighted by molar-refractivity contribution is 7.18. The van der Waals surface area contributed by atoms with Gasteiger partial charge in [-0.2, -0.15) is 0 Å². The largest absolute Gasteiger partial charge is 0.456 e. The van der Waals surface area contributed by atoms with E-state index in [2.05, 4.69) is 9.97 Å². The molecule has 2 heterocycles. The zero-order valence-electron chi connectivity index (χ0n) is 14.2. The molecule has 0 aliphatic carbocycles. The average molecular weight is 382 g/mol. The van der Waals surface area contributed by atoms with Crippen molar-refractivity contribution in [1.82, 2.24) is 9.97 Å². The van der Waals surface area contributed by atoms with Crippen LogP contribution in [-0.4, -0.2) is 15.9 Å². The van der Waals surface area contributed by atoms with Crippen LogP contribution in [0.3, 0.4) is 0 Å². The second-order valence-electron chi connectivity index (χ2n) is 5.86. The number of hydrogen-bond acceptors (Lipinski definition) is 6. The molecule has 0 radical (unpaired) electrons. The first-order chi connectivity index (χ1) is 13.2. The Morgan fingerprint density at radius 1 is 1.15 bits per heavy atom. The normalized spacial score (nSPS) is 11.0. The van der Waals surface area contributed by atoms with Gasteiger partial charge >= 0.3 is 5.97 Å². The third-order valence-electron chi connectivity index (χ3n) is 3.92. The fourth-order valence-electron chi connectivity index (χ4n) is 2.57. The number of benzene rings is 2. The molecule has 5 nitrogen and oxygen atoms in total. The molecule has 0 spiro atoms. The molecule has 0 aliphatic rings. The predicted octanol–water partition coefficient (Wildman–Crippen LogP) is 4.77. The number of hydrogen-bond donors (Lipinski definition) is 0. The minimum Gasteiger partial charge on any atom is -0.456 e. The molecule has 2 aromatic carbocycles. The number of esters is 1. The lowest BCUT2D eigenvalue weighted by atomic mass is 10.2. The van der Waals surface area contributed by atoms with Crippen molar-refractivity contribution < 1.29 is 18.3 Å². The number of halogens is 1. The molecule has 0 N–H and O–H groups in total. The van der Waals surface area contributed by atoms with Crippen LogP contribution in [0.1, 0.15) is 17.3 Å². The maximum absolute atomic E-state index is 13.0. The van der Waals surface area contributed by atoms with E-state index in [9.17, 15) is 9.18 Å². The van der Waals surface area contributed by atoms with Crippen LogP contribution in [0.15, 0.2) is 59.1 Å². The summed E-state index contributed by atoms with van der Waals surface area (Å²) in [6.07, 6.45) is 2.30. The minimum absolute atomic E-state index is 0.0418. The molecule has 0 amide bonds. The second-order valence-corrected chi connectivity index (χ2v) is 6.98. The number of carbonyl (C=O) groups excluding carboxylic acids is 1. The van der Waals surface area contributed by atoms with Crippen LogP contribution < -0.4 is 0 Å². The van der Waals surface area contributed by atoms with E-state index in [0.29, 0.717) is 23.6 Å². The molecule has 0 bridgehead atoms. The minimum atomic E-state index is -0.337. The molecule has 4 rings (SSSR count). The monoisotopic (exact) mass is 382 g/mol. The summed E-state index contributed by atoms with van der Waals surface area (Å²) in [6.45, 7) is -0.0418. The fraction of sp³-hybridized carbons (Fsp3) is 0.150. The first-order valence-corrected chi connectivity index (χ1v) is 9.20. The highest BCUT2D eigenvalue weighted by atomic mass is 32.1. The Hall–Kier alpha value is -3.06. The van der Waals surface area contributed by atoms with Gasteiger partial charge in [-0.05, 0) is 36.4 Å². The Morgan fingerprint density at radius 2 is 1.96 bits per heavy atom. The summed E-state index contributed by atoms with van der Waals surface area (Å²) >= 11 is 1.58. The highest BCUT2D eigenvalue weighted by Gasteiger charge is 2.11. The number of aryl methyl sites for hydroxylation is 1.